The van der Waals surface area contributed by atoms with Gasteiger partial charge in [0.1, 0.15) is 0 Å². The molecule has 0 aliphatic rings. The number of thiol groups is 1. The van der Waals surface area contributed by atoms with Crippen LogP contribution in [0.5, 0.6) is 0 Å². The van der Waals surface area contributed by atoms with Gasteiger partial charge in [-0.25, -0.2) is 8.42 Å². The summed E-state index contributed by atoms with van der Waals surface area (Å²) in [6, 6.07) is 0. The van der Waals surface area contributed by atoms with Gasteiger partial charge in [-0.15, -0.1) is 6.58 Å². The average molecular weight is 188 g/mol. The molecule has 0 spiro atoms. The molecule has 0 rings (SSSR count). The van der Waals surface area contributed by atoms with Crippen molar-refractivity contribution in [3.63, 3.8) is 0 Å². The van der Waals surface area contributed by atoms with Crippen LogP contribution in [0.1, 0.15) is 6.92 Å². The van der Waals surface area contributed by atoms with Gasteiger partial charge in [-0.1, -0.05) is 6.08 Å². The van der Waals surface area contributed by atoms with Crippen LogP contribution in [0.4, 0.5) is 0 Å². The second-order valence-electron chi connectivity index (χ2n) is 1.97. The van der Waals surface area contributed by atoms with Gasteiger partial charge in [0.15, 0.2) is 0 Å². The summed E-state index contributed by atoms with van der Waals surface area (Å²) in [5.41, 5.74) is 0. The molecule has 0 aliphatic heterocycles. The summed E-state index contributed by atoms with van der Waals surface area (Å²) in [6.07, 6.45) is 1.17. The molecule has 0 aromatic heterocycles. The second-order valence-corrected chi connectivity index (χ2v) is 2.62. The molecule has 4 nitrogen and oxygen atoms in total. The Morgan fingerprint density at radius 3 is 2.58 bits per heavy atom. The Morgan fingerprint density at radius 1 is 1.58 bits per heavy atom. The van der Waals surface area contributed by atoms with E-state index in [2.05, 4.69) is 10.8 Å². The third-order valence-electron chi connectivity index (χ3n) is 0.854. The zero-order chi connectivity index (χ0) is 8.69. The van der Waals surface area contributed by atoms with Crippen molar-refractivity contribution >= 4 is 29.8 Å². The van der Waals surface area contributed by atoms with E-state index in [1.54, 1.807) is 13.0 Å². The second kappa shape index (κ2) is 9.30. The van der Waals surface area contributed by atoms with E-state index in [1.165, 1.54) is 0 Å². The fraction of sp³-hybridized carbons (Fsp3) is 0.667. The van der Waals surface area contributed by atoms with Gasteiger partial charge in [-0.05, 0) is 6.92 Å². The first-order valence-electron chi connectivity index (χ1n) is 3.16. The van der Waals surface area contributed by atoms with Gasteiger partial charge in [0.2, 0.25) is 0 Å². The van der Waals surface area contributed by atoms with Gasteiger partial charge < -0.3 is 4.74 Å². The van der Waals surface area contributed by atoms with Crippen molar-refractivity contribution in [3.8, 4) is 0 Å². The molecule has 0 radical (unpaired) electrons. The van der Waals surface area contributed by atoms with Crippen LogP contribution in [0.2, 0.25) is 0 Å². The standard InChI is InChI=1S/C6H12O4S.Li.H/c1-3-4-9-5-6(2)10-11(7)8;;/h3,6,11H,1,4-5H2,2H3;;. The van der Waals surface area contributed by atoms with Crippen molar-refractivity contribution in [1.82, 2.24) is 0 Å². The van der Waals surface area contributed by atoms with Crippen LogP contribution in [0.15, 0.2) is 12.7 Å². The first-order valence-corrected chi connectivity index (χ1v) is 4.26. The SMILES string of the molecule is C=CCOCC(C)O[SH](=O)=O.[LiH]. The Kier molecular flexibility index (Phi) is 11.4. The van der Waals surface area contributed by atoms with Crippen molar-refractivity contribution in [2.24, 2.45) is 0 Å². The predicted octanol–water partition coefficient (Wildman–Crippen LogP) is -0.528. The molecule has 68 valence electrons. The van der Waals surface area contributed by atoms with Crippen molar-refractivity contribution in [2.45, 2.75) is 13.0 Å². The van der Waals surface area contributed by atoms with Crippen LogP contribution < -0.4 is 0 Å². The fourth-order valence-corrected chi connectivity index (χ4v) is 0.849. The molecule has 12 heavy (non-hydrogen) atoms. The molecular weight excluding hydrogens is 175 g/mol. The maximum absolute atomic E-state index is 9.98. The summed E-state index contributed by atoms with van der Waals surface area (Å²) in [5.74, 6) is 0. The monoisotopic (exact) mass is 188 g/mol. The van der Waals surface area contributed by atoms with Gasteiger partial charge in [-0.2, -0.15) is 0 Å². The summed E-state index contributed by atoms with van der Waals surface area (Å²) in [4.78, 5) is 0. The third-order valence-corrected chi connectivity index (χ3v) is 1.39. The van der Waals surface area contributed by atoms with Gasteiger partial charge in [0.25, 0.3) is 11.0 Å². The molecule has 0 amide bonds. The molecular formula is C6H13LiO4S. The summed E-state index contributed by atoms with van der Waals surface area (Å²) >= 11 is 0. The molecule has 0 bridgehead atoms. The fourth-order valence-electron chi connectivity index (χ4n) is 0.495. The van der Waals surface area contributed by atoms with Crippen molar-refractivity contribution in [2.75, 3.05) is 13.2 Å². The number of hydrogen-bond acceptors (Lipinski definition) is 4. The Bertz CT molecular complexity index is 172. The molecule has 0 aromatic rings. The van der Waals surface area contributed by atoms with E-state index < -0.39 is 17.1 Å². The van der Waals surface area contributed by atoms with E-state index in [0.717, 1.165) is 0 Å². The topological polar surface area (TPSA) is 52.6 Å². The van der Waals surface area contributed by atoms with E-state index >= 15 is 0 Å². The molecule has 0 saturated heterocycles. The zero-order valence-corrected chi connectivity index (χ0v) is 7.25. The molecule has 0 aromatic carbocycles. The third kappa shape index (κ3) is 10.2. The normalized spacial score (nSPS) is 12.2. The van der Waals surface area contributed by atoms with Crippen LogP contribution >= 0.6 is 0 Å². The zero-order valence-electron chi connectivity index (χ0n) is 6.36. The van der Waals surface area contributed by atoms with Crippen LogP contribution in [0, 0.1) is 0 Å². The first kappa shape index (κ1) is 14.7. The average Bonchev–Trinajstić information content (AvgIpc) is 1.86. The molecule has 1 atom stereocenters. The summed E-state index contributed by atoms with van der Waals surface area (Å²) < 4.78 is 29.3. The molecule has 6 heteroatoms. The van der Waals surface area contributed by atoms with Gasteiger partial charge in [0, 0.05) is 0 Å². The van der Waals surface area contributed by atoms with Crippen molar-refractivity contribution in [3.05, 3.63) is 12.7 Å². The van der Waals surface area contributed by atoms with Gasteiger partial charge in [-0.3, -0.25) is 4.18 Å². The molecule has 0 aliphatic carbocycles. The minimum atomic E-state index is -2.77. The number of hydrogen-bond donors (Lipinski definition) is 1. The van der Waals surface area contributed by atoms with Crippen LogP contribution in [0.3, 0.4) is 0 Å². The molecule has 0 N–H and O–H groups in total. The van der Waals surface area contributed by atoms with E-state index in [0.29, 0.717) is 6.61 Å². The Balaban J connectivity index is 0. The Hall–Kier alpha value is 0.207. The minimum absolute atomic E-state index is 0. The van der Waals surface area contributed by atoms with E-state index in [4.69, 9.17) is 4.74 Å². The summed E-state index contributed by atoms with van der Waals surface area (Å²) in [7, 11) is -2.77. The molecule has 0 heterocycles. The summed E-state index contributed by atoms with van der Waals surface area (Å²) in [6.45, 7) is 5.72. The predicted molar refractivity (Wildman–Crippen MR) is 49.0 cm³/mol. The number of rotatable bonds is 6. The Morgan fingerprint density at radius 2 is 2.17 bits per heavy atom. The Labute approximate surface area is 86.3 Å². The van der Waals surface area contributed by atoms with Crippen LogP contribution in [0.25, 0.3) is 0 Å². The number of ether oxygens (including phenoxy) is 1. The molecule has 0 saturated carbocycles. The van der Waals surface area contributed by atoms with E-state index in [1.807, 2.05) is 0 Å². The van der Waals surface area contributed by atoms with Crippen LogP contribution in [-0.4, -0.2) is 46.6 Å². The van der Waals surface area contributed by atoms with E-state index in [9.17, 15) is 8.42 Å². The van der Waals surface area contributed by atoms with Gasteiger partial charge >= 0.3 is 18.9 Å². The first-order chi connectivity index (χ1) is 5.16. The van der Waals surface area contributed by atoms with Crippen molar-refractivity contribution in [1.29, 1.82) is 0 Å². The summed E-state index contributed by atoms with van der Waals surface area (Å²) in [5, 5.41) is 0. The van der Waals surface area contributed by atoms with E-state index in [-0.39, 0.29) is 25.5 Å². The maximum atomic E-state index is 9.98. The van der Waals surface area contributed by atoms with Crippen molar-refractivity contribution < 1.29 is 17.3 Å². The van der Waals surface area contributed by atoms with Gasteiger partial charge in [0.05, 0.1) is 19.3 Å². The van der Waals surface area contributed by atoms with Crippen LogP contribution in [-0.2, 0) is 19.9 Å². The molecule has 1 unspecified atom stereocenters. The molecule has 0 fully saturated rings. The quantitative estimate of drug-likeness (QED) is 0.263.